The highest BCUT2D eigenvalue weighted by atomic mass is 32.1. The highest BCUT2D eigenvalue weighted by Gasteiger charge is 2.22. The summed E-state index contributed by atoms with van der Waals surface area (Å²) in [4.78, 5) is 4.49. The van der Waals surface area contributed by atoms with Crippen molar-refractivity contribution in [2.24, 2.45) is 0 Å². The van der Waals surface area contributed by atoms with Crippen molar-refractivity contribution in [3.8, 4) is 0 Å². The Morgan fingerprint density at radius 1 is 1.29 bits per heavy atom. The molecule has 2 nitrogen and oxygen atoms in total. The molecule has 0 unspecified atom stereocenters. The van der Waals surface area contributed by atoms with Crippen LogP contribution in [0.4, 0.5) is 0 Å². The first-order valence-electron chi connectivity index (χ1n) is 5.76. The largest absolute Gasteiger partial charge is 0.319 e. The minimum absolute atomic E-state index is 0.394. The molecule has 0 saturated carbocycles. The minimum atomic E-state index is -2.27. The molecule has 0 bridgehead atoms. The van der Waals surface area contributed by atoms with Crippen LogP contribution in [-0.2, 0) is 4.57 Å². The molecule has 2 aromatic rings. The molecule has 2 rings (SSSR count). The molecule has 0 N–H and O–H groups in total. The smallest absolute Gasteiger partial charge is 0.111 e. The molecule has 4 heteroatoms. The van der Waals surface area contributed by atoms with Crippen molar-refractivity contribution >= 4 is 34.0 Å². The molecule has 1 heterocycles. The van der Waals surface area contributed by atoms with Crippen LogP contribution in [0.5, 0.6) is 0 Å². The molecule has 17 heavy (non-hydrogen) atoms. The number of aromatic nitrogens is 1. The van der Waals surface area contributed by atoms with Crippen molar-refractivity contribution in [2.75, 3.05) is 13.3 Å². The summed E-state index contributed by atoms with van der Waals surface area (Å²) in [6, 6.07) is 4.13. The molecule has 1 aromatic heterocycles. The number of benzene rings is 1. The Morgan fingerprint density at radius 3 is 2.47 bits per heavy atom. The Labute approximate surface area is 106 Å². The van der Waals surface area contributed by atoms with Crippen molar-refractivity contribution in [3.63, 3.8) is 0 Å². The second-order valence-corrected chi connectivity index (χ2v) is 9.44. The molecule has 0 radical (unpaired) electrons. The van der Waals surface area contributed by atoms with Gasteiger partial charge in [0.25, 0.3) is 0 Å². The standard InChI is InChI=1S/C13H18NOPS/c1-8(2)10-6-7-11-13(17-9(3)14-11)12(10)16(4,5)15/h6-8H,1-5H3. The van der Waals surface area contributed by atoms with E-state index in [0.717, 1.165) is 20.5 Å². The van der Waals surface area contributed by atoms with Gasteiger partial charge in [0.2, 0.25) is 0 Å². The van der Waals surface area contributed by atoms with Crippen LogP contribution in [0.15, 0.2) is 12.1 Å². The number of fused-ring (bicyclic) bond motifs is 1. The predicted molar refractivity (Wildman–Crippen MR) is 77.5 cm³/mol. The van der Waals surface area contributed by atoms with Crippen LogP contribution in [0.3, 0.4) is 0 Å². The summed E-state index contributed by atoms with van der Waals surface area (Å²) >= 11 is 1.65. The number of nitrogens with zero attached hydrogens (tertiary/aromatic N) is 1. The summed E-state index contributed by atoms with van der Waals surface area (Å²) in [7, 11) is -2.27. The van der Waals surface area contributed by atoms with E-state index in [0.29, 0.717) is 5.92 Å². The summed E-state index contributed by atoms with van der Waals surface area (Å²) < 4.78 is 13.7. The van der Waals surface area contributed by atoms with Gasteiger partial charge in [-0.15, -0.1) is 11.3 Å². The van der Waals surface area contributed by atoms with Crippen LogP contribution in [0, 0.1) is 6.92 Å². The highest BCUT2D eigenvalue weighted by Crippen LogP contribution is 2.42. The van der Waals surface area contributed by atoms with Crippen LogP contribution in [0.1, 0.15) is 30.3 Å². The lowest BCUT2D eigenvalue weighted by molar-refractivity contribution is 0.588. The number of rotatable bonds is 2. The maximum Gasteiger partial charge on any atom is 0.111 e. The zero-order valence-corrected chi connectivity index (χ0v) is 12.7. The van der Waals surface area contributed by atoms with E-state index in [9.17, 15) is 4.57 Å². The molecular formula is C13H18NOPS. The first-order valence-corrected chi connectivity index (χ1v) is 9.18. The Bertz CT molecular complexity index is 609. The van der Waals surface area contributed by atoms with E-state index in [1.807, 2.05) is 26.3 Å². The van der Waals surface area contributed by atoms with Crippen LogP contribution in [0.25, 0.3) is 10.2 Å². The topological polar surface area (TPSA) is 30.0 Å². The molecule has 0 aliphatic carbocycles. The first-order chi connectivity index (χ1) is 7.80. The van der Waals surface area contributed by atoms with Crippen molar-refractivity contribution in [1.82, 2.24) is 4.98 Å². The second kappa shape index (κ2) is 4.22. The van der Waals surface area contributed by atoms with Crippen molar-refractivity contribution < 1.29 is 4.57 Å². The van der Waals surface area contributed by atoms with E-state index in [2.05, 4.69) is 24.9 Å². The second-order valence-electron chi connectivity index (χ2n) is 5.09. The van der Waals surface area contributed by atoms with Gasteiger partial charge in [0.1, 0.15) is 7.14 Å². The molecular weight excluding hydrogens is 249 g/mol. The fraction of sp³-hybridized carbons (Fsp3) is 0.462. The van der Waals surface area contributed by atoms with Gasteiger partial charge in [-0.25, -0.2) is 4.98 Å². The summed E-state index contributed by atoms with van der Waals surface area (Å²) in [5.74, 6) is 0.394. The lowest BCUT2D eigenvalue weighted by atomic mass is 10.0. The molecule has 0 fully saturated rings. The Balaban J connectivity index is 2.89. The molecule has 0 atom stereocenters. The lowest BCUT2D eigenvalue weighted by Gasteiger charge is -2.16. The number of hydrogen-bond acceptors (Lipinski definition) is 3. The monoisotopic (exact) mass is 267 g/mol. The summed E-state index contributed by atoms with van der Waals surface area (Å²) in [6.07, 6.45) is 0. The lowest BCUT2D eigenvalue weighted by Crippen LogP contribution is -2.12. The van der Waals surface area contributed by atoms with Gasteiger partial charge in [-0.2, -0.15) is 0 Å². The molecule has 92 valence electrons. The summed E-state index contributed by atoms with van der Waals surface area (Å²) in [5.41, 5.74) is 2.19. The minimum Gasteiger partial charge on any atom is -0.319 e. The maximum atomic E-state index is 12.5. The van der Waals surface area contributed by atoms with E-state index in [1.165, 1.54) is 5.56 Å². The Hall–Kier alpha value is -0.660. The van der Waals surface area contributed by atoms with Gasteiger partial charge in [-0.05, 0) is 37.8 Å². The van der Waals surface area contributed by atoms with Crippen LogP contribution in [-0.4, -0.2) is 18.3 Å². The third-order valence-electron chi connectivity index (χ3n) is 2.83. The summed E-state index contributed by atoms with van der Waals surface area (Å²) in [5, 5.41) is 2.08. The fourth-order valence-electron chi connectivity index (χ4n) is 2.13. The normalized spacial score (nSPS) is 12.6. The van der Waals surface area contributed by atoms with Gasteiger partial charge in [-0.3, -0.25) is 0 Å². The molecule has 0 amide bonds. The van der Waals surface area contributed by atoms with E-state index in [4.69, 9.17) is 0 Å². The van der Waals surface area contributed by atoms with Gasteiger partial charge in [0.05, 0.1) is 15.2 Å². The third-order valence-corrected chi connectivity index (χ3v) is 5.54. The van der Waals surface area contributed by atoms with Crippen molar-refractivity contribution in [1.29, 1.82) is 0 Å². The Kier molecular flexibility index (Phi) is 3.17. The third kappa shape index (κ3) is 2.31. The predicted octanol–water partition coefficient (Wildman–Crippen LogP) is 3.98. The fourth-order valence-corrected chi connectivity index (χ4v) is 5.35. The quantitative estimate of drug-likeness (QED) is 0.770. The van der Waals surface area contributed by atoms with Crippen molar-refractivity contribution in [3.05, 3.63) is 22.7 Å². The SMILES string of the molecule is Cc1nc2ccc(C(C)C)c(P(C)(C)=O)c2s1. The number of thiazole rings is 1. The average Bonchev–Trinajstić information content (AvgIpc) is 2.53. The Morgan fingerprint density at radius 2 is 1.94 bits per heavy atom. The van der Waals surface area contributed by atoms with E-state index in [1.54, 1.807) is 11.3 Å². The zero-order valence-electron chi connectivity index (χ0n) is 10.9. The first kappa shape index (κ1) is 12.8. The van der Waals surface area contributed by atoms with Crippen LogP contribution in [0.2, 0.25) is 0 Å². The van der Waals surface area contributed by atoms with Crippen LogP contribution < -0.4 is 5.30 Å². The van der Waals surface area contributed by atoms with Crippen molar-refractivity contribution in [2.45, 2.75) is 26.7 Å². The van der Waals surface area contributed by atoms with Gasteiger partial charge in [0.15, 0.2) is 0 Å². The molecule has 0 spiro atoms. The number of hydrogen-bond donors (Lipinski definition) is 0. The van der Waals surface area contributed by atoms with Gasteiger partial charge in [0, 0.05) is 5.30 Å². The molecule has 0 aliphatic rings. The molecule has 0 saturated heterocycles. The van der Waals surface area contributed by atoms with Gasteiger partial charge >= 0.3 is 0 Å². The van der Waals surface area contributed by atoms with Gasteiger partial charge < -0.3 is 4.57 Å². The highest BCUT2D eigenvalue weighted by molar-refractivity contribution is 7.71. The van der Waals surface area contributed by atoms with E-state index >= 15 is 0 Å². The van der Waals surface area contributed by atoms with Crippen LogP contribution >= 0.6 is 18.5 Å². The molecule has 0 aliphatic heterocycles. The van der Waals surface area contributed by atoms with E-state index < -0.39 is 7.14 Å². The summed E-state index contributed by atoms with van der Waals surface area (Å²) in [6.45, 7) is 9.99. The maximum absolute atomic E-state index is 12.5. The zero-order chi connectivity index (χ0) is 12.8. The number of aryl methyl sites for hydroxylation is 1. The molecule has 1 aromatic carbocycles. The van der Waals surface area contributed by atoms with E-state index in [-0.39, 0.29) is 0 Å². The average molecular weight is 267 g/mol. The van der Waals surface area contributed by atoms with Gasteiger partial charge in [-0.1, -0.05) is 19.9 Å².